The number of hydrogen-bond donors (Lipinski definition) is 3. The maximum Gasteiger partial charge on any atom is 0.259 e. The van der Waals surface area contributed by atoms with E-state index in [1.165, 1.54) is 6.07 Å². The molecule has 4 rings (SSSR count). The molecule has 1 atom stereocenters. The van der Waals surface area contributed by atoms with Crippen LogP contribution in [0.3, 0.4) is 0 Å². The predicted molar refractivity (Wildman–Crippen MR) is 103 cm³/mol. The van der Waals surface area contributed by atoms with E-state index in [1.54, 1.807) is 36.5 Å². The molecule has 1 unspecified atom stereocenters. The van der Waals surface area contributed by atoms with Crippen LogP contribution < -0.4 is 10.5 Å². The Hall–Kier alpha value is -2.90. The van der Waals surface area contributed by atoms with E-state index in [4.69, 9.17) is 11.6 Å². The lowest BCUT2D eigenvalue weighted by molar-refractivity contribution is 0.198. The van der Waals surface area contributed by atoms with Gasteiger partial charge in [-0.25, -0.2) is 9.97 Å². The van der Waals surface area contributed by atoms with Crippen molar-refractivity contribution in [3.05, 3.63) is 58.0 Å². The van der Waals surface area contributed by atoms with Gasteiger partial charge in [0.1, 0.15) is 11.6 Å². The van der Waals surface area contributed by atoms with E-state index in [2.05, 4.69) is 15.0 Å². The van der Waals surface area contributed by atoms with E-state index >= 15 is 0 Å². The number of aliphatic hydroxyl groups excluding tert-OH is 1. The average molecular weight is 385 g/mol. The normalized spacial score (nSPS) is 16.7. The van der Waals surface area contributed by atoms with Crippen molar-refractivity contribution in [1.82, 2.24) is 15.0 Å². The molecule has 0 aliphatic carbocycles. The van der Waals surface area contributed by atoms with Crippen molar-refractivity contribution in [3.8, 4) is 28.4 Å². The van der Waals surface area contributed by atoms with E-state index in [1.807, 2.05) is 4.90 Å². The molecule has 1 saturated heterocycles. The lowest BCUT2D eigenvalue weighted by atomic mass is 10.1. The van der Waals surface area contributed by atoms with Crippen molar-refractivity contribution in [1.29, 1.82) is 0 Å². The van der Waals surface area contributed by atoms with Crippen LogP contribution in [0.25, 0.3) is 22.6 Å². The van der Waals surface area contributed by atoms with E-state index < -0.39 is 6.10 Å². The zero-order valence-corrected chi connectivity index (χ0v) is 15.0. The van der Waals surface area contributed by atoms with Crippen LogP contribution in [0, 0.1) is 0 Å². The van der Waals surface area contributed by atoms with Crippen LogP contribution >= 0.6 is 11.6 Å². The highest BCUT2D eigenvalue weighted by molar-refractivity contribution is 6.30. The molecule has 138 valence electrons. The second kappa shape index (κ2) is 7.02. The molecule has 3 aromatic rings. The van der Waals surface area contributed by atoms with Gasteiger partial charge in [-0.15, -0.1) is 0 Å². The number of aromatic hydroxyl groups is 1. The van der Waals surface area contributed by atoms with Crippen LogP contribution in [0.4, 0.5) is 5.82 Å². The fourth-order valence-electron chi connectivity index (χ4n) is 3.12. The molecular formula is C19H17ClN4O3. The molecule has 0 spiro atoms. The Labute approximate surface area is 159 Å². The van der Waals surface area contributed by atoms with Gasteiger partial charge >= 0.3 is 0 Å². The Morgan fingerprint density at radius 1 is 1.19 bits per heavy atom. The highest BCUT2D eigenvalue weighted by atomic mass is 35.5. The van der Waals surface area contributed by atoms with Crippen molar-refractivity contribution in [3.63, 3.8) is 0 Å². The molecule has 27 heavy (non-hydrogen) atoms. The van der Waals surface area contributed by atoms with Gasteiger partial charge in [-0.3, -0.25) is 4.79 Å². The van der Waals surface area contributed by atoms with Crippen molar-refractivity contribution >= 4 is 17.4 Å². The Morgan fingerprint density at radius 3 is 2.74 bits per heavy atom. The third-order valence-electron chi connectivity index (χ3n) is 4.49. The summed E-state index contributed by atoms with van der Waals surface area (Å²) in [6.45, 7) is 1.10. The lowest BCUT2D eigenvalue weighted by Crippen LogP contribution is -2.23. The molecule has 1 aromatic carbocycles. The van der Waals surface area contributed by atoms with Gasteiger partial charge in [-0.2, -0.15) is 0 Å². The minimum Gasteiger partial charge on any atom is -0.507 e. The zero-order chi connectivity index (χ0) is 19.0. The van der Waals surface area contributed by atoms with Gasteiger partial charge in [-0.05, 0) is 36.8 Å². The van der Waals surface area contributed by atoms with Crippen molar-refractivity contribution in [2.75, 3.05) is 18.0 Å². The fraction of sp³-hybridized carbons (Fsp3) is 0.211. The molecule has 1 aliphatic rings. The number of halogens is 1. The van der Waals surface area contributed by atoms with Crippen molar-refractivity contribution < 1.29 is 10.2 Å². The maximum atomic E-state index is 12.2. The number of rotatable bonds is 3. The van der Waals surface area contributed by atoms with Crippen LogP contribution in [0.5, 0.6) is 5.75 Å². The Balaban J connectivity index is 1.89. The quantitative estimate of drug-likeness (QED) is 0.641. The summed E-state index contributed by atoms with van der Waals surface area (Å²) in [7, 11) is 0. The first kappa shape index (κ1) is 17.5. The SMILES string of the molecule is O=c1[nH]cccc1-c1nc(-c2ccc(Cl)cc2O)cc(N2CCC(O)C2)n1. The van der Waals surface area contributed by atoms with Gasteiger partial charge in [0.2, 0.25) is 0 Å². The summed E-state index contributed by atoms with van der Waals surface area (Å²) in [6, 6.07) is 9.84. The number of pyridine rings is 1. The van der Waals surface area contributed by atoms with Crippen LogP contribution in [-0.4, -0.2) is 44.4 Å². The summed E-state index contributed by atoms with van der Waals surface area (Å²) in [4.78, 5) is 25.8. The molecule has 8 heteroatoms. The van der Waals surface area contributed by atoms with Gasteiger partial charge < -0.3 is 20.1 Å². The number of aromatic amines is 1. The first-order valence-electron chi connectivity index (χ1n) is 8.50. The zero-order valence-electron chi connectivity index (χ0n) is 14.3. The minimum atomic E-state index is -0.420. The van der Waals surface area contributed by atoms with Gasteiger partial charge in [0.25, 0.3) is 5.56 Å². The molecule has 3 heterocycles. The molecule has 0 bridgehead atoms. The molecule has 2 aromatic heterocycles. The summed E-state index contributed by atoms with van der Waals surface area (Å²) in [5.74, 6) is 0.825. The third kappa shape index (κ3) is 3.51. The van der Waals surface area contributed by atoms with Gasteiger partial charge in [-0.1, -0.05) is 11.6 Å². The van der Waals surface area contributed by atoms with E-state index in [-0.39, 0.29) is 17.1 Å². The second-order valence-corrected chi connectivity index (χ2v) is 6.83. The van der Waals surface area contributed by atoms with Crippen molar-refractivity contribution in [2.45, 2.75) is 12.5 Å². The van der Waals surface area contributed by atoms with Gasteiger partial charge in [0, 0.05) is 35.9 Å². The molecule has 0 radical (unpaired) electrons. The standard InChI is InChI=1S/C19H17ClN4O3/c20-11-3-4-13(16(26)8-11)15-9-17(24-7-5-12(25)10-24)23-18(22-15)14-2-1-6-21-19(14)27/h1-4,6,8-9,12,25-26H,5,7,10H2,(H,21,27). The maximum absolute atomic E-state index is 12.2. The number of H-pyrrole nitrogens is 1. The molecular weight excluding hydrogens is 368 g/mol. The highest BCUT2D eigenvalue weighted by Gasteiger charge is 2.23. The highest BCUT2D eigenvalue weighted by Crippen LogP contribution is 2.33. The smallest absolute Gasteiger partial charge is 0.259 e. The number of benzene rings is 1. The molecule has 1 aliphatic heterocycles. The number of aliphatic hydroxyl groups is 1. The number of nitrogens with zero attached hydrogens (tertiary/aromatic N) is 3. The van der Waals surface area contributed by atoms with Gasteiger partial charge in [0.05, 0.1) is 17.4 Å². The summed E-state index contributed by atoms with van der Waals surface area (Å²) in [6.07, 6.45) is 1.77. The molecule has 7 nitrogen and oxygen atoms in total. The third-order valence-corrected chi connectivity index (χ3v) is 4.73. The number of anilines is 1. The van der Waals surface area contributed by atoms with E-state index in [0.717, 1.165) is 0 Å². The number of phenolic OH excluding ortho intramolecular Hbond substituents is 1. The number of β-amino-alcohol motifs (C(OH)–C–C–N with tert-alkyl or cyclic N) is 1. The van der Waals surface area contributed by atoms with Crippen LogP contribution in [0.1, 0.15) is 6.42 Å². The van der Waals surface area contributed by atoms with E-state index in [0.29, 0.717) is 47.2 Å². The first-order valence-corrected chi connectivity index (χ1v) is 8.88. The largest absolute Gasteiger partial charge is 0.507 e. The topological polar surface area (TPSA) is 102 Å². The number of nitrogens with one attached hydrogen (secondary N) is 1. The molecule has 0 saturated carbocycles. The first-order chi connectivity index (χ1) is 13.0. The summed E-state index contributed by atoms with van der Waals surface area (Å²) >= 11 is 5.93. The van der Waals surface area contributed by atoms with E-state index in [9.17, 15) is 15.0 Å². The average Bonchev–Trinajstić information content (AvgIpc) is 3.08. The Morgan fingerprint density at radius 2 is 2.04 bits per heavy atom. The summed E-state index contributed by atoms with van der Waals surface area (Å²) in [5.41, 5.74) is 0.974. The Kier molecular flexibility index (Phi) is 4.55. The second-order valence-electron chi connectivity index (χ2n) is 6.40. The summed E-state index contributed by atoms with van der Waals surface area (Å²) < 4.78 is 0. The number of aromatic nitrogens is 3. The number of hydrogen-bond acceptors (Lipinski definition) is 6. The molecule has 0 amide bonds. The van der Waals surface area contributed by atoms with Crippen LogP contribution in [0.2, 0.25) is 5.02 Å². The Bertz CT molecular complexity index is 1050. The lowest BCUT2D eigenvalue weighted by Gasteiger charge is -2.18. The van der Waals surface area contributed by atoms with Crippen LogP contribution in [0.15, 0.2) is 47.4 Å². The summed E-state index contributed by atoms with van der Waals surface area (Å²) in [5, 5.41) is 20.6. The van der Waals surface area contributed by atoms with Gasteiger partial charge in [0.15, 0.2) is 5.82 Å². The number of phenols is 1. The van der Waals surface area contributed by atoms with Crippen LogP contribution in [-0.2, 0) is 0 Å². The van der Waals surface area contributed by atoms with Crippen molar-refractivity contribution in [2.24, 2.45) is 0 Å². The molecule has 3 N–H and O–H groups in total. The minimum absolute atomic E-state index is 0.0125. The predicted octanol–water partition coefficient (Wildman–Crippen LogP) is 2.43. The monoisotopic (exact) mass is 384 g/mol. The molecule has 1 fully saturated rings. The fourth-order valence-corrected chi connectivity index (χ4v) is 3.29.